The first-order valence-electron chi connectivity index (χ1n) is 7.51. The molecule has 3 nitrogen and oxygen atoms in total. The van der Waals surface area contributed by atoms with Crippen LogP contribution in [0.15, 0.2) is 18.5 Å². The van der Waals surface area contributed by atoms with Gasteiger partial charge in [0.1, 0.15) is 0 Å². The molecule has 0 aromatic carbocycles. The predicted molar refractivity (Wildman–Crippen MR) is 81.4 cm³/mol. The standard InChI is InChI=1S/C16H27N3/c1-12(2)18-10-15-9-17-8-7-16(15)19-11-13(3)5-6-14(19)4/h7-9,12-14,18H,5-6,10-11H2,1-4H3. The number of hydrogen-bond acceptors (Lipinski definition) is 3. The first kappa shape index (κ1) is 14.3. The molecule has 1 N–H and O–H groups in total. The highest BCUT2D eigenvalue weighted by molar-refractivity contribution is 5.53. The quantitative estimate of drug-likeness (QED) is 0.902. The summed E-state index contributed by atoms with van der Waals surface area (Å²) in [6.45, 7) is 11.1. The lowest BCUT2D eigenvalue weighted by Crippen LogP contribution is -2.41. The van der Waals surface area contributed by atoms with Gasteiger partial charge in [0.15, 0.2) is 0 Å². The molecule has 2 unspecified atom stereocenters. The Morgan fingerprint density at radius 1 is 1.37 bits per heavy atom. The van der Waals surface area contributed by atoms with E-state index in [9.17, 15) is 0 Å². The fourth-order valence-corrected chi connectivity index (χ4v) is 2.77. The zero-order valence-electron chi connectivity index (χ0n) is 12.7. The van der Waals surface area contributed by atoms with Gasteiger partial charge < -0.3 is 10.2 Å². The molecule has 2 rings (SSSR count). The van der Waals surface area contributed by atoms with E-state index in [0.717, 1.165) is 12.5 Å². The molecule has 1 aromatic heterocycles. The zero-order valence-corrected chi connectivity index (χ0v) is 12.7. The average Bonchev–Trinajstić information content (AvgIpc) is 2.39. The summed E-state index contributed by atoms with van der Waals surface area (Å²) in [4.78, 5) is 6.86. The molecule has 0 bridgehead atoms. The smallest absolute Gasteiger partial charge is 0.0445 e. The highest BCUT2D eigenvalue weighted by Crippen LogP contribution is 2.29. The van der Waals surface area contributed by atoms with Crippen LogP contribution < -0.4 is 10.2 Å². The Balaban J connectivity index is 2.18. The number of piperidine rings is 1. The minimum absolute atomic E-state index is 0.505. The third-order valence-electron chi connectivity index (χ3n) is 4.01. The molecule has 1 aliphatic rings. The average molecular weight is 261 g/mol. The Labute approximate surface area is 117 Å². The maximum Gasteiger partial charge on any atom is 0.0445 e. The Bertz CT molecular complexity index is 403. The molecule has 1 aliphatic heterocycles. The van der Waals surface area contributed by atoms with Gasteiger partial charge in [-0.3, -0.25) is 4.98 Å². The maximum atomic E-state index is 4.30. The Hall–Kier alpha value is -1.09. The molecule has 0 amide bonds. The Morgan fingerprint density at radius 2 is 2.16 bits per heavy atom. The second kappa shape index (κ2) is 6.38. The summed E-state index contributed by atoms with van der Waals surface area (Å²) in [7, 11) is 0. The lowest BCUT2D eigenvalue weighted by molar-refractivity contribution is 0.389. The summed E-state index contributed by atoms with van der Waals surface area (Å²) < 4.78 is 0. The molecule has 19 heavy (non-hydrogen) atoms. The van der Waals surface area contributed by atoms with Crippen molar-refractivity contribution in [2.45, 2.75) is 59.2 Å². The Kier molecular flexibility index (Phi) is 4.81. The largest absolute Gasteiger partial charge is 0.368 e. The summed E-state index contributed by atoms with van der Waals surface area (Å²) in [5.74, 6) is 0.787. The first-order valence-corrected chi connectivity index (χ1v) is 7.51. The molecule has 1 aromatic rings. The third kappa shape index (κ3) is 3.69. The predicted octanol–water partition coefficient (Wildman–Crippen LogP) is 3.20. The van der Waals surface area contributed by atoms with Gasteiger partial charge in [0.25, 0.3) is 0 Å². The van der Waals surface area contributed by atoms with E-state index in [4.69, 9.17) is 0 Å². The topological polar surface area (TPSA) is 28.2 Å². The number of nitrogens with one attached hydrogen (secondary N) is 1. The van der Waals surface area contributed by atoms with Crippen molar-refractivity contribution in [1.82, 2.24) is 10.3 Å². The fraction of sp³-hybridized carbons (Fsp3) is 0.688. The molecule has 3 heteroatoms. The van der Waals surface area contributed by atoms with Crippen LogP contribution in [0, 0.1) is 5.92 Å². The van der Waals surface area contributed by atoms with Gasteiger partial charge in [-0.25, -0.2) is 0 Å². The van der Waals surface area contributed by atoms with Gasteiger partial charge in [0, 0.05) is 48.8 Å². The first-order chi connectivity index (χ1) is 9.08. The number of hydrogen-bond donors (Lipinski definition) is 1. The molecule has 1 saturated heterocycles. The molecule has 0 aliphatic carbocycles. The number of nitrogens with zero attached hydrogens (tertiary/aromatic N) is 2. The summed E-state index contributed by atoms with van der Waals surface area (Å²) in [5.41, 5.74) is 2.68. The molecule has 1 fully saturated rings. The van der Waals surface area contributed by atoms with Crippen molar-refractivity contribution in [2.75, 3.05) is 11.4 Å². The van der Waals surface area contributed by atoms with E-state index in [-0.39, 0.29) is 0 Å². The summed E-state index contributed by atoms with van der Waals surface area (Å²) >= 11 is 0. The normalized spacial score (nSPS) is 23.9. The van der Waals surface area contributed by atoms with Gasteiger partial charge in [-0.05, 0) is 31.7 Å². The summed E-state index contributed by atoms with van der Waals surface area (Å²) in [6.07, 6.45) is 6.57. The summed E-state index contributed by atoms with van der Waals surface area (Å²) in [5, 5.41) is 3.50. The van der Waals surface area contributed by atoms with Gasteiger partial charge in [-0.1, -0.05) is 20.8 Å². The van der Waals surface area contributed by atoms with Crippen molar-refractivity contribution in [3.05, 3.63) is 24.0 Å². The van der Waals surface area contributed by atoms with Crippen LogP contribution in [0.25, 0.3) is 0 Å². The van der Waals surface area contributed by atoms with E-state index in [1.165, 1.54) is 30.6 Å². The van der Waals surface area contributed by atoms with E-state index < -0.39 is 0 Å². The van der Waals surface area contributed by atoms with Crippen molar-refractivity contribution in [1.29, 1.82) is 0 Å². The van der Waals surface area contributed by atoms with Crippen LogP contribution in [0.5, 0.6) is 0 Å². The van der Waals surface area contributed by atoms with Crippen LogP contribution in [0.2, 0.25) is 0 Å². The van der Waals surface area contributed by atoms with Crippen molar-refractivity contribution >= 4 is 5.69 Å². The van der Waals surface area contributed by atoms with E-state index in [0.29, 0.717) is 12.1 Å². The monoisotopic (exact) mass is 261 g/mol. The van der Waals surface area contributed by atoms with Gasteiger partial charge in [0.2, 0.25) is 0 Å². The Morgan fingerprint density at radius 3 is 2.89 bits per heavy atom. The van der Waals surface area contributed by atoms with Gasteiger partial charge >= 0.3 is 0 Å². The number of aromatic nitrogens is 1. The van der Waals surface area contributed by atoms with Crippen LogP contribution in [0.4, 0.5) is 5.69 Å². The lowest BCUT2D eigenvalue weighted by atomic mass is 9.94. The van der Waals surface area contributed by atoms with E-state index >= 15 is 0 Å². The molecule has 106 valence electrons. The van der Waals surface area contributed by atoms with Gasteiger partial charge in [-0.2, -0.15) is 0 Å². The molecule has 0 saturated carbocycles. The van der Waals surface area contributed by atoms with Crippen LogP contribution in [-0.4, -0.2) is 23.6 Å². The molecule has 0 radical (unpaired) electrons. The second-order valence-corrected chi connectivity index (χ2v) is 6.22. The van der Waals surface area contributed by atoms with Gasteiger partial charge in [-0.15, -0.1) is 0 Å². The highest BCUT2D eigenvalue weighted by Gasteiger charge is 2.24. The van der Waals surface area contributed by atoms with E-state index in [1.807, 2.05) is 12.4 Å². The van der Waals surface area contributed by atoms with Crippen molar-refractivity contribution in [3.8, 4) is 0 Å². The zero-order chi connectivity index (χ0) is 13.8. The van der Waals surface area contributed by atoms with Crippen molar-refractivity contribution in [3.63, 3.8) is 0 Å². The van der Waals surface area contributed by atoms with Crippen molar-refractivity contribution in [2.24, 2.45) is 5.92 Å². The number of pyridine rings is 1. The number of rotatable bonds is 4. The maximum absolute atomic E-state index is 4.30. The summed E-state index contributed by atoms with van der Waals surface area (Å²) in [6, 6.07) is 3.31. The minimum atomic E-state index is 0.505. The number of anilines is 1. The molecular formula is C16H27N3. The van der Waals surface area contributed by atoms with Crippen LogP contribution in [-0.2, 0) is 6.54 Å². The molecular weight excluding hydrogens is 234 g/mol. The molecule has 0 spiro atoms. The SMILES string of the molecule is CC1CCC(C)N(c2ccncc2CNC(C)C)C1. The van der Waals surface area contributed by atoms with E-state index in [1.54, 1.807) is 0 Å². The van der Waals surface area contributed by atoms with Gasteiger partial charge in [0.05, 0.1) is 0 Å². The lowest BCUT2D eigenvalue weighted by Gasteiger charge is -2.39. The van der Waals surface area contributed by atoms with E-state index in [2.05, 4.69) is 49.0 Å². The second-order valence-electron chi connectivity index (χ2n) is 6.22. The highest BCUT2D eigenvalue weighted by atomic mass is 15.2. The third-order valence-corrected chi connectivity index (χ3v) is 4.01. The van der Waals surface area contributed by atoms with Crippen LogP contribution in [0.1, 0.15) is 46.1 Å². The minimum Gasteiger partial charge on any atom is -0.368 e. The van der Waals surface area contributed by atoms with Crippen molar-refractivity contribution < 1.29 is 0 Å². The van der Waals surface area contributed by atoms with Crippen LogP contribution >= 0.6 is 0 Å². The molecule has 2 atom stereocenters. The fourth-order valence-electron chi connectivity index (χ4n) is 2.77. The molecule has 2 heterocycles. The van der Waals surface area contributed by atoms with Crippen LogP contribution in [0.3, 0.4) is 0 Å².